The number of nitrogens with zero attached hydrogens (tertiary/aromatic N) is 4. The number of fused-ring (bicyclic) bond motifs is 2. The molecule has 3 aliphatic heterocycles. The lowest BCUT2D eigenvalue weighted by Gasteiger charge is -2.56. The molecule has 1 aliphatic carbocycles. The molecule has 3 saturated heterocycles. The lowest BCUT2D eigenvalue weighted by atomic mass is 9.88. The van der Waals surface area contributed by atoms with E-state index in [1.54, 1.807) is 0 Å². The summed E-state index contributed by atoms with van der Waals surface area (Å²) in [6, 6.07) is 13.9. The first kappa shape index (κ1) is 24.6. The van der Waals surface area contributed by atoms with E-state index in [2.05, 4.69) is 56.2 Å². The van der Waals surface area contributed by atoms with Gasteiger partial charge in [0.05, 0.1) is 30.3 Å². The van der Waals surface area contributed by atoms with Crippen molar-refractivity contribution in [2.45, 2.75) is 38.5 Å². The SMILES string of the molecule is Cc1cc2c(N3CC4NCC43)nc(OCC3(CN4CCOCC4)CC3)nc2c(OCc2ccccc2)c1Br. The molecule has 4 heterocycles. The Morgan fingerprint density at radius 3 is 2.63 bits per heavy atom. The average Bonchev–Trinajstić information content (AvgIpc) is 3.70. The molecule has 38 heavy (non-hydrogen) atoms. The summed E-state index contributed by atoms with van der Waals surface area (Å²) in [5.74, 6) is 1.70. The number of halogens is 1. The van der Waals surface area contributed by atoms with Crippen LogP contribution in [0, 0.1) is 12.3 Å². The molecule has 4 aliphatic rings. The lowest BCUT2D eigenvalue weighted by molar-refractivity contribution is 0.0231. The third kappa shape index (κ3) is 4.63. The molecule has 1 saturated carbocycles. The van der Waals surface area contributed by atoms with Crippen molar-refractivity contribution in [3.8, 4) is 11.8 Å². The second-order valence-corrected chi connectivity index (χ2v) is 12.0. The van der Waals surface area contributed by atoms with E-state index in [0.717, 1.165) is 84.0 Å². The number of anilines is 1. The Labute approximate surface area is 231 Å². The van der Waals surface area contributed by atoms with Crippen LogP contribution < -0.4 is 19.7 Å². The molecule has 2 atom stereocenters. The minimum Gasteiger partial charge on any atom is -0.485 e. The lowest BCUT2D eigenvalue weighted by Crippen LogP contribution is -2.78. The summed E-state index contributed by atoms with van der Waals surface area (Å²) in [6.45, 7) is 9.83. The molecule has 0 bridgehead atoms. The molecule has 3 aromatic rings. The number of hydrogen-bond acceptors (Lipinski definition) is 8. The van der Waals surface area contributed by atoms with E-state index in [0.29, 0.717) is 31.3 Å². The van der Waals surface area contributed by atoms with Crippen LogP contribution in [-0.4, -0.2) is 79.5 Å². The minimum atomic E-state index is 0.191. The number of rotatable bonds is 9. The molecule has 8 nitrogen and oxygen atoms in total. The number of aryl methyl sites for hydroxylation is 1. The van der Waals surface area contributed by atoms with Crippen molar-refractivity contribution in [2.24, 2.45) is 5.41 Å². The summed E-state index contributed by atoms with van der Waals surface area (Å²) in [5, 5.41) is 4.52. The number of piperazine rings is 1. The molecule has 1 N–H and O–H groups in total. The topological polar surface area (TPSA) is 72.0 Å². The van der Waals surface area contributed by atoms with Crippen LogP contribution in [0.3, 0.4) is 0 Å². The van der Waals surface area contributed by atoms with Gasteiger partial charge >= 0.3 is 6.01 Å². The second-order valence-electron chi connectivity index (χ2n) is 11.2. The zero-order chi connectivity index (χ0) is 25.7. The molecule has 200 valence electrons. The largest absolute Gasteiger partial charge is 0.485 e. The Balaban J connectivity index is 1.20. The zero-order valence-electron chi connectivity index (χ0n) is 21.8. The molecule has 2 aromatic carbocycles. The number of hydrogen-bond donors (Lipinski definition) is 1. The maximum atomic E-state index is 6.44. The van der Waals surface area contributed by atoms with Crippen LogP contribution in [0.1, 0.15) is 24.0 Å². The molecule has 9 heteroatoms. The number of morpholine rings is 1. The van der Waals surface area contributed by atoms with Crippen molar-refractivity contribution in [1.82, 2.24) is 20.2 Å². The van der Waals surface area contributed by atoms with Gasteiger partial charge in [0.25, 0.3) is 0 Å². The fourth-order valence-electron chi connectivity index (χ4n) is 5.78. The van der Waals surface area contributed by atoms with Crippen molar-refractivity contribution in [2.75, 3.05) is 57.4 Å². The van der Waals surface area contributed by atoms with Gasteiger partial charge in [0.1, 0.15) is 17.9 Å². The fraction of sp³-hybridized carbons (Fsp3) is 0.517. The van der Waals surface area contributed by atoms with Gasteiger partial charge < -0.3 is 24.4 Å². The van der Waals surface area contributed by atoms with E-state index in [1.807, 2.05) is 18.2 Å². The van der Waals surface area contributed by atoms with Crippen LogP contribution >= 0.6 is 15.9 Å². The zero-order valence-corrected chi connectivity index (χ0v) is 23.4. The Hall–Kier alpha value is -2.46. The maximum Gasteiger partial charge on any atom is 0.319 e. The third-order valence-electron chi connectivity index (χ3n) is 8.50. The van der Waals surface area contributed by atoms with Gasteiger partial charge in [0, 0.05) is 49.6 Å². The van der Waals surface area contributed by atoms with E-state index < -0.39 is 0 Å². The fourth-order valence-corrected chi connectivity index (χ4v) is 6.20. The summed E-state index contributed by atoms with van der Waals surface area (Å²) >= 11 is 3.80. The number of benzene rings is 2. The highest BCUT2D eigenvalue weighted by Crippen LogP contribution is 2.47. The van der Waals surface area contributed by atoms with Gasteiger partial charge in [-0.1, -0.05) is 30.3 Å². The van der Waals surface area contributed by atoms with E-state index in [-0.39, 0.29) is 5.41 Å². The van der Waals surface area contributed by atoms with E-state index in [1.165, 1.54) is 12.8 Å². The van der Waals surface area contributed by atoms with Gasteiger partial charge in [-0.2, -0.15) is 9.97 Å². The van der Waals surface area contributed by atoms with Gasteiger partial charge in [-0.15, -0.1) is 0 Å². The van der Waals surface area contributed by atoms with Crippen molar-refractivity contribution in [1.29, 1.82) is 0 Å². The predicted molar refractivity (Wildman–Crippen MR) is 150 cm³/mol. The molecule has 4 fully saturated rings. The van der Waals surface area contributed by atoms with Crippen molar-refractivity contribution in [3.05, 3.63) is 52.0 Å². The summed E-state index contributed by atoms with van der Waals surface area (Å²) in [6.07, 6.45) is 2.37. The summed E-state index contributed by atoms with van der Waals surface area (Å²) < 4.78 is 19.3. The van der Waals surface area contributed by atoms with Crippen molar-refractivity contribution < 1.29 is 14.2 Å². The van der Waals surface area contributed by atoms with Crippen LogP contribution in [0.4, 0.5) is 5.82 Å². The normalized spacial score (nSPS) is 23.9. The van der Waals surface area contributed by atoms with E-state index in [9.17, 15) is 0 Å². The van der Waals surface area contributed by atoms with Crippen LogP contribution in [0.2, 0.25) is 0 Å². The molecule has 0 spiro atoms. The predicted octanol–water partition coefficient (Wildman–Crippen LogP) is 3.93. The summed E-state index contributed by atoms with van der Waals surface area (Å²) in [4.78, 5) is 14.9. The maximum absolute atomic E-state index is 6.44. The Morgan fingerprint density at radius 1 is 1.13 bits per heavy atom. The first-order valence-corrected chi connectivity index (χ1v) is 14.5. The van der Waals surface area contributed by atoms with Crippen LogP contribution in [0.5, 0.6) is 11.8 Å². The Kier molecular flexibility index (Phi) is 6.42. The Morgan fingerprint density at radius 2 is 1.95 bits per heavy atom. The second kappa shape index (κ2) is 9.93. The minimum absolute atomic E-state index is 0.191. The van der Waals surface area contributed by atoms with Gasteiger partial charge in [-0.25, -0.2) is 0 Å². The number of nitrogens with one attached hydrogen (secondary N) is 1. The smallest absolute Gasteiger partial charge is 0.319 e. The van der Waals surface area contributed by atoms with Gasteiger partial charge in [-0.05, 0) is 52.9 Å². The monoisotopic (exact) mass is 579 g/mol. The standard InChI is InChI=1S/C29H34BrN5O3/c1-19-13-21-25(26(24(19)30)37-16-20-5-3-2-4-6-20)32-28(33-27(21)35-15-22-23(35)14-31-22)38-18-29(7-8-29)17-34-9-11-36-12-10-34/h2-6,13,22-23,31H,7-12,14-18H2,1H3. The molecule has 0 radical (unpaired) electrons. The van der Waals surface area contributed by atoms with Gasteiger partial charge in [-0.3, -0.25) is 4.90 Å². The first-order valence-electron chi connectivity index (χ1n) is 13.7. The number of aromatic nitrogens is 2. The summed E-state index contributed by atoms with van der Waals surface area (Å²) in [7, 11) is 0. The summed E-state index contributed by atoms with van der Waals surface area (Å²) in [5.41, 5.74) is 3.21. The highest BCUT2D eigenvalue weighted by Gasteiger charge is 2.47. The van der Waals surface area contributed by atoms with E-state index >= 15 is 0 Å². The average molecular weight is 581 g/mol. The molecular weight excluding hydrogens is 546 g/mol. The molecule has 1 aromatic heterocycles. The Bertz CT molecular complexity index is 1330. The molecule has 7 rings (SSSR count). The van der Waals surface area contributed by atoms with Crippen LogP contribution in [0.15, 0.2) is 40.9 Å². The third-order valence-corrected chi connectivity index (χ3v) is 9.48. The van der Waals surface area contributed by atoms with Crippen LogP contribution in [0.25, 0.3) is 10.9 Å². The first-order chi connectivity index (χ1) is 18.6. The quantitative estimate of drug-likeness (QED) is 0.409. The van der Waals surface area contributed by atoms with Gasteiger partial charge in [0.15, 0.2) is 5.75 Å². The highest BCUT2D eigenvalue weighted by atomic mass is 79.9. The molecule has 2 unspecified atom stereocenters. The van der Waals surface area contributed by atoms with Crippen LogP contribution in [-0.2, 0) is 11.3 Å². The highest BCUT2D eigenvalue weighted by molar-refractivity contribution is 9.10. The van der Waals surface area contributed by atoms with Crippen molar-refractivity contribution in [3.63, 3.8) is 0 Å². The van der Waals surface area contributed by atoms with E-state index in [4.69, 9.17) is 24.2 Å². The molecule has 0 amide bonds. The number of ether oxygens (including phenoxy) is 3. The molecular formula is C29H34BrN5O3. The van der Waals surface area contributed by atoms with Crippen molar-refractivity contribution >= 4 is 32.7 Å². The van der Waals surface area contributed by atoms with Gasteiger partial charge in [0.2, 0.25) is 0 Å².